The molecule has 1 heterocycles. The minimum absolute atomic E-state index is 0.453. The zero-order valence-electron chi connectivity index (χ0n) is 11.7. The molecular weight excluding hydrogens is 318 g/mol. The Morgan fingerprint density at radius 3 is 2.90 bits per heavy atom. The summed E-state index contributed by atoms with van der Waals surface area (Å²) in [6.45, 7) is 2.05. The van der Waals surface area contributed by atoms with Crippen LogP contribution < -0.4 is 5.32 Å². The molecule has 3 rings (SSSR count). The van der Waals surface area contributed by atoms with Gasteiger partial charge in [0.25, 0.3) is 0 Å². The average Bonchev–Trinajstić information content (AvgIpc) is 3.16. The Kier molecular flexibility index (Phi) is 3.89. The number of nitrogens with one attached hydrogen (secondary N) is 1. The lowest BCUT2D eigenvalue weighted by Crippen LogP contribution is -2.29. The summed E-state index contributed by atoms with van der Waals surface area (Å²) >= 11 is 3.47. The van der Waals surface area contributed by atoms with Crippen LogP contribution in [0, 0.1) is 12.8 Å². The highest BCUT2D eigenvalue weighted by Gasteiger charge is 2.31. The maximum absolute atomic E-state index is 5.40. The number of halogens is 1. The maximum Gasteiger partial charge on any atom is 0.228 e. The van der Waals surface area contributed by atoms with Crippen molar-refractivity contribution in [2.75, 3.05) is 7.05 Å². The van der Waals surface area contributed by atoms with Crippen molar-refractivity contribution in [2.24, 2.45) is 5.92 Å². The van der Waals surface area contributed by atoms with Crippen LogP contribution in [0.1, 0.15) is 24.3 Å². The molecule has 1 N–H and O–H groups in total. The number of likely N-dealkylation sites (N-methyl/N-ethyl adjacent to an activating group) is 1. The zero-order valence-corrected chi connectivity index (χ0v) is 13.3. The molecule has 0 radical (unpaired) electrons. The van der Waals surface area contributed by atoms with E-state index in [1.807, 2.05) is 19.2 Å². The van der Waals surface area contributed by atoms with Crippen LogP contribution >= 0.6 is 15.9 Å². The molecule has 1 unspecified atom stereocenters. The molecule has 0 amide bonds. The molecule has 0 saturated heterocycles. The third kappa shape index (κ3) is 2.94. The summed E-state index contributed by atoms with van der Waals surface area (Å²) in [6.07, 6.45) is 3.42. The minimum atomic E-state index is 0.453. The second-order valence-electron chi connectivity index (χ2n) is 5.41. The van der Waals surface area contributed by atoms with Crippen molar-refractivity contribution in [3.8, 4) is 11.4 Å². The largest absolute Gasteiger partial charge is 0.339 e. The summed E-state index contributed by atoms with van der Waals surface area (Å²) in [5.74, 6) is 2.16. The predicted molar refractivity (Wildman–Crippen MR) is 81.4 cm³/mol. The van der Waals surface area contributed by atoms with E-state index in [4.69, 9.17) is 4.52 Å². The van der Waals surface area contributed by atoms with Gasteiger partial charge < -0.3 is 9.84 Å². The molecule has 1 aromatic carbocycles. The Balaban J connectivity index is 1.79. The summed E-state index contributed by atoms with van der Waals surface area (Å²) in [4.78, 5) is 4.54. The number of benzene rings is 1. The standard InChI is InChI=1S/C15H18BrN3O/c1-9-7-11(16)5-6-12(9)15-18-14(20-19-15)8-13(17-2)10-3-4-10/h5-7,10,13,17H,3-4,8H2,1-2H3. The predicted octanol–water partition coefficient (Wildman–Crippen LogP) is 3.35. The van der Waals surface area contributed by atoms with Crippen LogP contribution in [-0.2, 0) is 6.42 Å². The van der Waals surface area contributed by atoms with E-state index in [0.29, 0.717) is 17.8 Å². The Labute approximate surface area is 127 Å². The lowest BCUT2D eigenvalue weighted by molar-refractivity contribution is 0.352. The van der Waals surface area contributed by atoms with Gasteiger partial charge in [0.2, 0.25) is 11.7 Å². The highest BCUT2D eigenvalue weighted by molar-refractivity contribution is 9.10. The molecule has 0 bridgehead atoms. The number of hydrogen-bond donors (Lipinski definition) is 1. The average molecular weight is 336 g/mol. The molecule has 2 aromatic rings. The zero-order chi connectivity index (χ0) is 14.1. The first-order valence-corrected chi connectivity index (χ1v) is 7.73. The summed E-state index contributed by atoms with van der Waals surface area (Å²) in [5.41, 5.74) is 2.16. The molecule has 20 heavy (non-hydrogen) atoms. The van der Waals surface area contributed by atoms with E-state index in [1.165, 1.54) is 12.8 Å². The van der Waals surface area contributed by atoms with Crippen LogP contribution in [0.2, 0.25) is 0 Å². The highest BCUT2D eigenvalue weighted by Crippen LogP contribution is 2.34. The van der Waals surface area contributed by atoms with Crippen LogP contribution in [0.4, 0.5) is 0 Å². The summed E-state index contributed by atoms with van der Waals surface area (Å²) in [6, 6.07) is 6.53. The molecule has 5 heteroatoms. The second-order valence-corrected chi connectivity index (χ2v) is 6.32. The molecule has 106 valence electrons. The molecule has 1 fully saturated rings. The first-order chi connectivity index (χ1) is 9.67. The Hall–Kier alpha value is -1.20. The van der Waals surface area contributed by atoms with Gasteiger partial charge in [-0.25, -0.2) is 0 Å². The van der Waals surface area contributed by atoms with Gasteiger partial charge in [-0.05, 0) is 56.5 Å². The molecule has 0 aliphatic heterocycles. The Bertz CT molecular complexity index is 607. The number of rotatable bonds is 5. The van der Waals surface area contributed by atoms with Crippen molar-refractivity contribution >= 4 is 15.9 Å². The van der Waals surface area contributed by atoms with Gasteiger partial charge in [-0.2, -0.15) is 4.98 Å². The van der Waals surface area contributed by atoms with Crippen molar-refractivity contribution in [2.45, 2.75) is 32.2 Å². The van der Waals surface area contributed by atoms with Crippen LogP contribution in [0.3, 0.4) is 0 Å². The van der Waals surface area contributed by atoms with Crippen molar-refractivity contribution < 1.29 is 4.52 Å². The van der Waals surface area contributed by atoms with Gasteiger partial charge in [0.15, 0.2) is 0 Å². The SMILES string of the molecule is CNC(Cc1nc(-c2ccc(Br)cc2C)no1)C1CC1. The van der Waals surface area contributed by atoms with Gasteiger partial charge in [-0.3, -0.25) is 0 Å². The lowest BCUT2D eigenvalue weighted by Gasteiger charge is -2.11. The topological polar surface area (TPSA) is 51.0 Å². The van der Waals surface area contributed by atoms with Crippen LogP contribution in [0.5, 0.6) is 0 Å². The van der Waals surface area contributed by atoms with Crippen molar-refractivity contribution in [3.05, 3.63) is 34.1 Å². The fourth-order valence-electron chi connectivity index (χ4n) is 2.52. The normalized spacial score (nSPS) is 16.4. The van der Waals surface area contributed by atoms with Gasteiger partial charge >= 0.3 is 0 Å². The van der Waals surface area contributed by atoms with E-state index in [0.717, 1.165) is 27.9 Å². The van der Waals surface area contributed by atoms with Crippen LogP contribution in [0.25, 0.3) is 11.4 Å². The van der Waals surface area contributed by atoms with Crippen molar-refractivity contribution in [3.63, 3.8) is 0 Å². The van der Waals surface area contributed by atoms with Crippen LogP contribution in [0.15, 0.2) is 27.2 Å². The monoisotopic (exact) mass is 335 g/mol. The van der Waals surface area contributed by atoms with Gasteiger partial charge in [-0.1, -0.05) is 21.1 Å². The van der Waals surface area contributed by atoms with E-state index in [-0.39, 0.29) is 0 Å². The molecule has 1 aliphatic carbocycles. The third-order valence-corrected chi connectivity index (χ3v) is 4.35. The molecule has 1 saturated carbocycles. The molecule has 1 atom stereocenters. The van der Waals surface area contributed by atoms with E-state index < -0.39 is 0 Å². The maximum atomic E-state index is 5.40. The van der Waals surface area contributed by atoms with Gasteiger partial charge in [0, 0.05) is 22.5 Å². The Morgan fingerprint density at radius 1 is 1.45 bits per heavy atom. The van der Waals surface area contributed by atoms with Crippen molar-refractivity contribution in [1.82, 2.24) is 15.5 Å². The van der Waals surface area contributed by atoms with E-state index in [1.54, 1.807) is 0 Å². The summed E-state index contributed by atoms with van der Waals surface area (Å²) < 4.78 is 6.46. The smallest absolute Gasteiger partial charge is 0.228 e. The number of aromatic nitrogens is 2. The minimum Gasteiger partial charge on any atom is -0.339 e. The lowest BCUT2D eigenvalue weighted by atomic mass is 10.1. The molecule has 0 spiro atoms. The number of aryl methyl sites for hydroxylation is 1. The first-order valence-electron chi connectivity index (χ1n) is 6.93. The molecular formula is C15H18BrN3O. The quantitative estimate of drug-likeness (QED) is 0.910. The van der Waals surface area contributed by atoms with Crippen LogP contribution in [-0.4, -0.2) is 23.2 Å². The fraction of sp³-hybridized carbons (Fsp3) is 0.467. The molecule has 1 aromatic heterocycles. The fourth-order valence-corrected chi connectivity index (χ4v) is 2.99. The highest BCUT2D eigenvalue weighted by atomic mass is 79.9. The van der Waals surface area contributed by atoms with Gasteiger partial charge in [0.1, 0.15) is 0 Å². The van der Waals surface area contributed by atoms with Gasteiger partial charge in [0.05, 0.1) is 0 Å². The van der Waals surface area contributed by atoms with Crippen molar-refractivity contribution in [1.29, 1.82) is 0 Å². The number of nitrogens with zero attached hydrogens (tertiary/aromatic N) is 2. The first kappa shape index (κ1) is 13.8. The third-order valence-electron chi connectivity index (χ3n) is 3.85. The van der Waals surface area contributed by atoms with E-state index in [9.17, 15) is 0 Å². The van der Waals surface area contributed by atoms with E-state index >= 15 is 0 Å². The summed E-state index contributed by atoms with van der Waals surface area (Å²) in [7, 11) is 2.00. The Morgan fingerprint density at radius 2 is 2.25 bits per heavy atom. The summed E-state index contributed by atoms with van der Waals surface area (Å²) in [5, 5.41) is 7.46. The molecule has 1 aliphatic rings. The molecule has 4 nitrogen and oxygen atoms in total. The number of hydrogen-bond acceptors (Lipinski definition) is 4. The van der Waals surface area contributed by atoms with Gasteiger partial charge in [-0.15, -0.1) is 0 Å². The second kappa shape index (κ2) is 5.66. The van der Waals surface area contributed by atoms with E-state index in [2.05, 4.69) is 44.4 Å².